The molecule has 2 atom stereocenters. The molecule has 1 N–H and O–H groups in total. The lowest BCUT2D eigenvalue weighted by molar-refractivity contribution is 0.315. The van der Waals surface area contributed by atoms with Crippen LogP contribution < -0.4 is 5.32 Å². The molecule has 94 valence electrons. The van der Waals surface area contributed by atoms with Crippen molar-refractivity contribution in [3.05, 3.63) is 29.6 Å². The van der Waals surface area contributed by atoms with Crippen LogP contribution in [-0.4, -0.2) is 17.6 Å². The van der Waals surface area contributed by atoms with Crippen molar-refractivity contribution in [2.24, 2.45) is 5.92 Å². The maximum Gasteiger partial charge on any atom is 0.0404 e. The Hall–Kier alpha value is -0.890. The quantitative estimate of drug-likeness (QED) is 0.863. The molecule has 0 saturated carbocycles. The van der Waals surface area contributed by atoms with Crippen molar-refractivity contribution in [1.29, 1.82) is 0 Å². The molecule has 1 aromatic heterocycles. The Labute approximate surface area is 105 Å². The first-order chi connectivity index (χ1) is 8.28. The molecule has 17 heavy (non-hydrogen) atoms. The van der Waals surface area contributed by atoms with Crippen LogP contribution in [0.2, 0.25) is 0 Å². The Morgan fingerprint density at radius 3 is 2.82 bits per heavy atom. The van der Waals surface area contributed by atoms with Crippen LogP contribution in [0.3, 0.4) is 0 Å². The summed E-state index contributed by atoms with van der Waals surface area (Å²) < 4.78 is 0. The second kappa shape index (κ2) is 6.15. The summed E-state index contributed by atoms with van der Waals surface area (Å²) in [7, 11) is 0. The van der Waals surface area contributed by atoms with Crippen molar-refractivity contribution >= 4 is 0 Å². The van der Waals surface area contributed by atoms with E-state index < -0.39 is 0 Å². The summed E-state index contributed by atoms with van der Waals surface area (Å²) in [6, 6.07) is 5.10. The molecule has 1 aliphatic heterocycles. The van der Waals surface area contributed by atoms with Crippen molar-refractivity contribution in [1.82, 2.24) is 10.3 Å². The third-order valence-electron chi connectivity index (χ3n) is 3.81. The van der Waals surface area contributed by atoms with Gasteiger partial charge in [0, 0.05) is 17.9 Å². The average Bonchev–Trinajstić information content (AvgIpc) is 2.39. The van der Waals surface area contributed by atoms with Gasteiger partial charge in [0.2, 0.25) is 0 Å². The maximum atomic E-state index is 4.52. The minimum atomic E-state index is 0.707. The van der Waals surface area contributed by atoms with Gasteiger partial charge in [0.25, 0.3) is 0 Å². The zero-order valence-corrected chi connectivity index (χ0v) is 11.1. The van der Waals surface area contributed by atoms with Gasteiger partial charge in [0.15, 0.2) is 0 Å². The first-order valence-electron chi connectivity index (χ1n) is 6.95. The molecule has 0 amide bonds. The Balaban J connectivity index is 1.77. The van der Waals surface area contributed by atoms with Crippen LogP contribution >= 0.6 is 0 Å². The molecule has 2 rings (SSSR count). The van der Waals surface area contributed by atoms with E-state index in [-0.39, 0.29) is 0 Å². The van der Waals surface area contributed by atoms with E-state index in [0.29, 0.717) is 6.04 Å². The van der Waals surface area contributed by atoms with E-state index in [1.807, 2.05) is 6.20 Å². The number of aryl methyl sites for hydroxylation is 2. The van der Waals surface area contributed by atoms with Crippen molar-refractivity contribution < 1.29 is 0 Å². The monoisotopic (exact) mass is 232 g/mol. The van der Waals surface area contributed by atoms with Crippen molar-refractivity contribution in [3.8, 4) is 0 Å². The highest BCUT2D eigenvalue weighted by Crippen LogP contribution is 2.16. The maximum absolute atomic E-state index is 4.52. The molecular weight excluding hydrogens is 208 g/mol. The van der Waals surface area contributed by atoms with Gasteiger partial charge in [-0.1, -0.05) is 19.9 Å². The van der Waals surface area contributed by atoms with Crippen LogP contribution in [0.4, 0.5) is 0 Å². The number of hydrogen-bond donors (Lipinski definition) is 1. The molecule has 1 aliphatic rings. The number of aromatic nitrogens is 1. The van der Waals surface area contributed by atoms with Gasteiger partial charge in [-0.3, -0.25) is 4.98 Å². The van der Waals surface area contributed by atoms with Gasteiger partial charge in [-0.05, 0) is 56.2 Å². The summed E-state index contributed by atoms with van der Waals surface area (Å²) in [5.74, 6) is 0.855. The summed E-state index contributed by atoms with van der Waals surface area (Å²) in [6.07, 6.45) is 8.14. The molecule has 0 radical (unpaired) electrons. The number of hydrogen-bond acceptors (Lipinski definition) is 2. The number of pyridine rings is 1. The second-order valence-corrected chi connectivity index (χ2v) is 5.34. The van der Waals surface area contributed by atoms with E-state index in [4.69, 9.17) is 0 Å². The number of nitrogens with zero attached hydrogens (tertiary/aromatic N) is 1. The van der Waals surface area contributed by atoms with Crippen LogP contribution in [0, 0.1) is 5.92 Å². The molecule has 1 saturated heterocycles. The van der Waals surface area contributed by atoms with Crippen LogP contribution in [0.1, 0.15) is 44.4 Å². The zero-order valence-electron chi connectivity index (χ0n) is 11.1. The zero-order chi connectivity index (χ0) is 12.1. The van der Waals surface area contributed by atoms with Gasteiger partial charge < -0.3 is 5.32 Å². The molecule has 0 spiro atoms. The van der Waals surface area contributed by atoms with E-state index >= 15 is 0 Å². The standard InChI is InChI=1S/C15H24N2/c1-3-13-5-7-15(17-11-13)9-8-14-6-4-12(2)10-16-14/h5,7,11-12,14,16H,3-4,6,8-10H2,1-2H3. The van der Waals surface area contributed by atoms with E-state index in [2.05, 4.69) is 36.3 Å². The van der Waals surface area contributed by atoms with Crippen molar-refractivity contribution in [3.63, 3.8) is 0 Å². The molecule has 1 fully saturated rings. The molecule has 2 heteroatoms. The van der Waals surface area contributed by atoms with Crippen molar-refractivity contribution in [2.45, 2.75) is 52.0 Å². The normalized spacial score (nSPS) is 24.8. The molecule has 0 bridgehead atoms. The fourth-order valence-corrected chi connectivity index (χ4v) is 2.44. The summed E-state index contributed by atoms with van der Waals surface area (Å²) in [6.45, 7) is 5.69. The lowest BCUT2D eigenvalue weighted by Crippen LogP contribution is -2.38. The van der Waals surface area contributed by atoms with Crippen LogP contribution in [0.25, 0.3) is 0 Å². The molecular formula is C15H24N2. The van der Waals surface area contributed by atoms with E-state index in [1.54, 1.807) is 0 Å². The Morgan fingerprint density at radius 2 is 2.24 bits per heavy atom. The van der Waals surface area contributed by atoms with E-state index in [9.17, 15) is 0 Å². The van der Waals surface area contributed by atoms with Crippen LogP contribution in [0.15, 0.2) is 18.3 Å². The smallest absolute Gasteiger partial charge is 0.0404 e. The first kappa shape index (κ1) is 12.6. The van der Waals surface area contributed by atoms with Gasteiger partial charge in [0.05, 0.1) is 0 Å². The summed E-state index contributed by atoms with van der Waals surface area (Å²) >= 11 is 0. The van der Waals surface area contributed by atoms with Crippen LogP contribution in [-0.2, 0) is 12.8 Å². The molecule has 0 aromatic carbocycles. The van der Waals surface area contributed by atoms with Gasteiger partial charge in [-0.2, -0.15) is 0 Å². The summed E-state index contributed by atoms with van der Waals surface area (Å²) in [5, 5.41) is 3.63. The van der Waals surface area contributed by atoms with Crippen molar-refractivity contribution in [2.75, 3.05) is 6.54 Å². The Bertz CT molecular complexity index is 323. The molecule has 2 nitrogen and oxygen atoms in total. The molecule has 2 heterocycles. The highest BCUT2D eigenvalue weighted by molar-refractivity contribution is 5.14. The lowest BCUT2D eigenvalue weighted by Gasteiger charge is -2.27. The predicted molar refractivity (Wildman–Crippen MR) is 72.1 cm³/mol. The predicted octanol–water partition coefficient (Wildman–Crippen LogP) is 2.96. The molecule has 1 aromatic rings. The number of nitrogens with one attached hydrogen (secondary N) is 1. The number of rotatable bonds is 4. The SMILES string of the molecule is CCc1ccc(CCC2CCC(C)CN2)nc1. The Morgan fingerprint density at radius 1 is 1.35 bits per heavy atom. The van der Waals surface area contributed by atoms with Gasteiger partial charge in [-0.15, -0.1) is 0 Å². The summed E-state index contributed by atoms with van der Waals surface area (Å²) in [4.78, 5) is 4.52. The minimum absolute atomic E-state index is 0.707. The Kier molecular flexibility index (Phi) is 4.55. The lowest BCUT2D eigenvalue weighted by atomic mass is 9.93. The minimum Gasteiger partial charge on any atom is -0.314 e. The van der Waals surface area contributed by atoms with E-state index in [0.717, 1.165) is 18.8 Å². The largest absolute Gasteiger partial charge is 0.314 e. The second-order valence-electron chi connectivity index (χ2n) is 5.34. The van der Waals surface area contributed by atoms with Gasteiger partial charge in [-0.25, -0.2) is 0 Å². The van der Waals surface area contributed by atoms with Crippen LogP contribution in [0.5, 0.6) is 0 Å². The fourth-order valence-electron chi connectivity index (χ4n) is 2.44. The highest BCUT2D eigenvalue weighted by Gasteiger charge is 2.16. The first-order valence-corrected chi connectivity index (χ1v) is 6.95. The topological polar surface area (TPSA) is 24.9 Å². The third kappa shape index (κ3) is 3.81. The van der Waals surface area contributed by atoms with E-state index in [1.165, 1.54) is 37.1 Å². The fraction of sp³-hybridized carbons (Fsp3) is 0.667. The summed E-state index contributed by atoms with van der Waals surface area (Å²) in [5.41, 5.74) is 2.57. The number of piperidine rings is 1. The van der Waals surface area contributed by atoms with Gasteiger partial charge in [0.1, 0.15) is 0 Å². The highest BCUT2D eigenvalue weighted by atomic mass is 14.9. The molecule has 0 aliphatic carbocycles. The molecule has 2 unspecified atom stereocenters. The van der Waals surface area contributed by atoms with Gasteiger partial charge >= 0.3 is 0 Å². The third-order valence-corrected chi connectivity index (χ3v) is 3.81. The average molecular weight is 232 g/mol.